The van der Waals surface area contributed by atoms with Crippen molar-refractivity contribution in [3.05, 3.63) is 35.9 Å². The number of aryl methyl sites for hydroxylation is 1. The maximum absolute atomic E-state index is 5.67. The molecular formula is C15H22O3. The van der Waals surface area contributed by atoms with Crippen LogP contribution in [0.2, 0.25) is 0 Å². The van der Waals surface area contributed by atoms with Crippen LogP contribution in [0.25, 0.3) is 0 Å². The first-order chi connectivity index (χ1) is 8.66. The first-order valence-electron chi connectivity index (χ1n) is 6.59. The van der Waals surface area contributed by atoms with E-state index in [1.165, 1.54) is 5.56 Å². The summed E-state index contributed by atoms with van der Waals surface area (Å²) in [5.74, 6) is -0.446. The molecule has 2 rings (SSSR count). The van der Waals surface area contributed by atoms with Crippen LogP contribution in [0.15, 0.2) is 30.3 Å². The van der Waals surface area contributed by atoms with Crippen LogP contribution in [-0.2, 0) is 20.6 Å². The highest BCUT2D eigenvalue weighted by Crippen LogP contribution is 2.22. The second-order valence-corrected chi connectivity index (χ2v) is 5.11. The lowest BCUT2D eigenvalue weighted by atomic mass is 10.1. The summed E-state index contributed by atoms with van der Waals surface area (Å²) in [5.41, 5.74) is 1.36. The molecule has 1 saturated heterocycles. The van der Waals surface area contributed by atoms with Crippen LogP contribution in [0.5, 0.6) is 0 Å². The Morgan fingerprint density at radius 1 is 1.28 bits per heavy atom. The molecule has 1 aliphatic rings. The Labute approximate surface area is 109 Å². The molecule has 100 valence electrons. The van der Waals surface area contributed by atoms with E-state index in [4.69, 9.17) is 14.2 Å². The van der Waals surface area contributed by atoms with Gasteiger partial charge in [0, 0.05) is 6.61 Å². The summed E-state index contributed by atoms with van der Waals surface area (Å²) in [7, 11) is 0. The van der Waals surface area contributed by atoms with E-state index < -0.39 is 5.79 Å². The number of rotatable bonds is 6. The van der Waals surface area contributed by atoms with Crippen LogP contribution >= 0.6 is 0 Å². The molecule has 3 heteroatoms. The highest BCUT2D eigenvalue weighted by atomic mass is 16.7. The normalized spacial score (nSPS) is 22.2. The average Bonchev–Trinajstić information content (AvgIpc) is 2.70. The van der Waals surface area contributed by atoms with E-state index in [-0.39, 0.29) is 6.10 Å². The van der Waals surface area contributed by atoms with Crippen LogP contribution in [0.4, 0.5) is 0 Å². The van der Waals surface area contributed by atoms with Crippen molar-refractivity contribution in [3.63, 3.8) is 0 Å². The van der Waals surface area contributed by atoms with Crippen molar-refractivity contribution in [2.75, 3.05) is 19.8 Å². The van der Waals surface area contributed by atoms with Gasteiger partial charge in [0.05, 0.1) is 13.2 Å². The minimum atomic E-state index is -0.446. The molecule has 1 unspecified atom stereocenters. The molecule has 1 aromatic rings. The van der Waals surface area contributed by atoms with E-state index >= 15 is 0 Å². The average molecular weight is 250 g/mol. The van der Waals surface area contributed by atoms with Gasteiger partial charge in [0.15, 0.2) is 5.79 Å². The van der Waals surface area contributed by atoms with Crippen molar-refractivity contribution < 1.29 is 14.2 Å². The molecular weight excluding hydrogens is 228 g/mol. The Morgan fingerprint density at radius 3 is 2.72 bits per heavy atom. The summed E-state index contributed by atoms with van der Waals surface area (Å²) in [6, 6.07) is 10.5. The highest BCUT2D eigenvalue weighted by molar-refractivity contribution is 5.14. The van der Waals surface area contributed by atoms with Gasteiger partial charge in [0.2, 0.25) is 0 Å². The van der Waals surface area contributed by atoms with Gasteiger partial charge in [-0.05, 0) is 32.3 Å². The Balaban J connectivity index is 1.54. The van der Waals surface area contributed by atoms with Gasteiger partial charge < -0.3 is 14.2 Å². The number of benzene rings is 1. The van der Waals surface area contributed by atoms with Crippen molar-refractivity contribution in [1.82, 2.24) is 0 Å². The molecule has 0 radical (unpaired) electrons. The summed E-state index contributed by atoms with van der Waals surface area (Å²) in [5, 5.41) is 0. The Hall–Kier alpha value is -0.900. The van der Waals surface area contributed by atoms with Gasteiger partial charge >= 0.3 is 0 Å². The molecule has 0 N–H and O–H groups in total. The van der Waals surface area contributed by atoms with Gasteiger partial charge in [0.1, 0.15) is 6.10 Å². The van der Waals surface area contributed by atoms with Gasteiger partial charge in [-0.15, -0.1) is 0 Å². The number of ether oxygens (including phenoxy) is 3. The molecule has 0 aliphatic carbocycles. The number of hydrogen-bond acceptors (Lipinski definition) is 3. The van der Waals surface area contributed by atoms with Crippen molar-refractivity contribution in [2.45, 2.75) is 38.6 Å². The third-order valence-electron chi connectivity index (χ3n) is 2.97. The summed E-state index contributed by atoms with van der Waals surface area (Å²) in [6.45, 7) is 5.89. The minimum Gasteiger partial charge on any atom is -0.379 e. The van der Waals surface area contributed by atoms with E-state index in [0.717, 1.165) is 19.4 Å². The standard InChI is InChI=1S/C15H22O3/c1-15(2)17-12-14(18-15)11-16-10-6-9-13-7-4-3-5-8-13/h3-5,7-8,14H,6,9-12H2,1-2H3. The summed E-state index contributed by atoms with van der Waals surface area (Å²) in [6.07, 6.45) is 2.19. The first-order valence-corrected chi connectivity index (χ1v) is 6.59. The van der Waals surface area contributed by atoms with Crippen molar-refractivity contribution in [2.24, 2.45) is 0 Å². The van der Waals surface area contributed by atoms with Gasteiger partial charge in [0.25, 0.3) is 0 Å². The van der Waals surface area contributed by atoms with Crippen LogP contribution < -0.4 is 0 Å². The minimum absolute atomic E-state index is 0.0803. The fourth-order valence-corrected chi connectivity index (χ4v) is 2.08. The summed E-state index contributed by atoms with van der Waals surface area (Å²) in [4.78, 5) is 0. The molecule has 3 nitrogen and oxygen atoms in total. The zero-order chi connectivity index (χ0) is 12.8. The van der Waals surface area contributed by atoms with Crippen LogP contribution in [0.3, 0.4) is 0 Å². The molecule has 0 spiro atoms. The first kappa shape index (κ1) is 13.5. The predicted molar refractivity (Wildman–Crippen MR) is 70.5 cm³/mol. The lowest BCUT2D eigenvalue weighted by Gasteiger charge is -2.17. The van der Waals surface area contributed by atoms with E-state index in [1.807, 2.05) is 19.9 Å². The fourth-order valence-electron chi connectivity index (χ4n) is 2.08. The van der Waals surface area contributed by atoms with Crippen molar-refractivity contribution in [1.29, 1.82) is 0 Å². The Bertz CT molecular complexity index is 348. The third kappa shape index (κ3) is 4.41. The second-order valence-electron chi connectivity index (χ2n) is 5.11. The van der Waals surface area contributed by atoms with E-state index in [2.05, 4.69) is 24.3 Å². The molecule has 1 fully saturated rings. The third-order valence-corrected chi connectivity index (χ3v) is 2.97. The van der Waals surface area contributed by atoms with Crippen LogP contribution in [-0.4, -0.2) is 31.7 Å². The van der Waals surface area contributed by atoms with Crippen LogP contribution in [0, 0.1) is 0 Å². The van der Waals surface area contributed by atoms with Gasteiger partial charge in [-0.1, -0.05) is 30.3 Å². The smallest absolute Gasteiger partial charge is 0.163 e. The molecule has 18 heavy (non-hydrogen) atoms. The quantitative estimate of drug-likeness (QED) is 0.727. The monoisotopic (exact) mass is 250 g/mol. The molecule has 0 aromatic heterocycles. The zero-order valence-electron chi connectivity index (χ0n) is 11.2. The Morgan fingerprint density at radius 2 is 2.06 bits per heavy atom. The molecule has 0 saturated carbocycles. The maximum atomic E-state index is 5.67. The maximum Gasteiger partial charge on any atom is 0.163 e. The zero-order valence-corrected chi connectivity index (χ0v) is 11.2. The van der Waals surface area contributed by atoms with Gasteiger partial charge in [-0.25, -0.2) is 0 Å². The van der Waals surface area contributed by atoms with Gasteiger partial charge in [-0.2, -0.15) is 0 Å². The SMILES string of the molecule is CC1(C)OCC(COCCCc2ccccc2)O1. The largest absolute Gasteiger partial charge is 0.379 e. The number of hydrogen-bond donors (Lipinski definition) is 0. The molecule has 0 bridgehead atoms. The highest BCUT2D eigenvalue weighted by Gasteiger charge is 2.32. The summed E-state index contributed by atoms with van der Waals surface area (Å²) < 4.78 is 16.8. The van der Waals surface area contributed by atoms with Crippen molar-refractivity contribution >= 4 is 0 Å². The second kappa shape index (κ2) is 6.32. The molecule has 1 atom stereocenters. The molecule has 1 aliphatic heterocycles. The fraction of sp³-hybridized carbons (Fsp3) is 0.600. The summed E-state index contributed by atoms with van der Waals surface area (Å²) >= 11 is 0. The van der Waals surface area contributed by atoms with E-state index in [1.54, 1.807) is 0 Å². The lowest BCUT2D eigenvalue weighted by Crippen LogP contribution is -2.24. The molecule has 1 aromatic carbocycles. The predicted octanol–water partition coefficient (Wildman–Crippen LogP) is 2.79. The van der Waals surface area contributed by atoms with Crippen molar-refractivity contribution in [3.8, 4) is 0 Å². The molecule has 1 heterocycles. The topological polar surface area (TPSA) is 27.7 Å². The Kier molecular flexibility index (Phi) is 4.75. The molecule has 0 amide bonds. The van der Waals surface area contributed by atoms with Crippen LogP contribution in [0.1, 0.15) is 25.8 Å². The van der Waals surface area contributed by atoms with Gasteiger partial charge in [-0.3, -0.25) is 0 Å². The lowest BCUT2D eigenvalue weighted by molar-refractivity contribution is -0.145. The van der Waals surface area contributed by atoms with E-state index in [9.17, 15) is 0 Å². The van der Waals surface area contributed by atoms with E-state index in [0.29, 0.717) is 13.2 Å².